The van der Waals surface area contributed by atoms with E-state index in [0.29, 0.717) is 11.5 Å². The molecule has 100 valence electrons. The zero-order chi connectivity index (χ0) is 13.2. The molecule has 0 amide bonds. The normalized spacial score (nSPS) is 27.1. The number of methoxy groups -OCH3 is 1. The third-order valence-electron chi connectivity index (χ3n) is 4.01. The molecule has 0 unspecified atom stereocenters. The first kappa shape index (κ1) is 13.4. The van der Waals surface area contributed by atoms with Crippen molar-refractivity contribution < 1.29 is 4.74 Å². The molecule has 0 aliphatic heterocycles. The summed E-state index contributed by atoms with van der Waals surface area (Å²) in [6, 6.07) is 9.12. The van der Waals surface area contributed by atoms with E-state index in [-0.39, 0.29) is 0 Å². The molecule has 0 bridgehead atoms. The summed E-state index contributed by atoms with van der Waals surface area (Å²) in [5.41, 5.74) is 1.74. The van der Waals surface area contributed by atoms with E-state index in [2.05, 4.69) is 44.3 Å². The molecule has 1 aliphatic carbocycles. The van der Waals surface area contributed by atoms with Crippen LogP contribution in [0.3, 0.4) is 0 Å². The SMILES string of the molecule is COc1cccc(C2(CNC(C)C)CC(C)C2)c1. The van der Waals surface area contributed by atoms with E-state index in [9.17, 15) is 0 Å². The Hall–Kier alpha value is -1.02. The summed E-state index contributed by atoms with van der Waals surface area (Å²) >= 11 is 0. The standard InChI is InChI=1S/C16H25NO/c1-12(2)17-11-16(9-13(3)10-16)14-6-5-7-15(8-14)18-4/h5-8,12-13,17H,9-11H2,1-4H3. The molecule has 1 aromatic carbocycles. The summed E-state index contributed by atoms with van der Waals surface area (Å²) < 4.78 is 5.35. The predicted molar refractivity (Wildman–Crippen MR) is 76.2 cm³/mol. The molecular weight excluding hydrogens is 222 g/mol. The molecule has 18 heavy (non-hydrogen) atoms. The van der Waals surface area contributed by atoms with Crippen molar-refractivity contribution in [3.8, 4) is 5.75 Å². The van der Waals surface area contributed by atoms with Crippen molar-refractivity contribution in [2.24, 2.45) is 5.92 Å². The first-order valence-electron chi connectivity index (χ1n) is 6.94. The van der Waals surface area contributed by atoms with Gasteiger partial charge in [-0.25, -0.2) is 0 Å². The Morgan fingerprint density at radius 1 is 1.39 bits per heavy atom. The summed E-state index contributed by atoms with van der Waals surface area (Å²) in [7, 11) is 1.74. The molecule has 1 saturated carbocycles. The molecule has 0 saturated heterocycles. The smallest absolute Gasteiger partial charge is 0.119 e. The van der Waals surface area contributed by atoms with E-state index in [0.717, 1.165) is 18.2 Å². The Bertz CT molecular complexity index is 394. The van der Waals surface area contributed by atoms with E-state index >= 15 is 0 Å². The van der Waals surface area contributed by atoms with E-state index in [1.807, 2.05) is 6.07 Å². The lowest BCUT2D eigenvalue weighted by molar-refractivity contribution is 0.149. The highest BCUT2D eigenvalue weighted by Gasteiger charge is 2.43. The number of rotatable bonds is 5. The quantitative estimate of drug-likeness (QED) is 0.861. The van der Waals surface area contributed by atoms with Gasteiger partial charge in [0, 0.05) is 18.0 Å². The third-order valence-corrected chi connectivity index (χ3v) is 4.01. The van der Waals surface area contributed by atoms with Crippen molar-refractivity contribution in [2.45, 2.75) is 45.1 Å². The van der Waals surface area contributed by atoms with Crippen LogP contribution in [0.1, 0.15) is 39.2 Å². The Morgan fingerprint density at radius 3 is 2.67 bits per heavy atom. The summed E-state index contributed by atoms with van der Waals surface area (Å²) in [5.74, 6) is 1.81. The van der Waals surface area contributed by atoms with Crippen molar-refractivity contribution in [3.05, 3.63) is 29.8 Å². The van der Waals surface area contributed by atoms with Crippen molar-refractivity contribution in [3.63, 3.8) is 0 Å². The summed E-state index contributed by atoms with van der Waals surface area (Å²) in [5, 5.41) is 3.60. The highest BCUT2D eigenvalue weighted by Crippen LogP contribution is 2.47. The van der Waals surface area contributed by atoms with Gasteiger partial charge < -0.3 is 10.1 Å². The van der Waals surface area contributed by atoms with Gasteiger partial charge in [-0.3, -0.25) is 0 Å². The van der Waals surface area contributed by atoms with Crippen molar-refractivity contribution >= 4 is 0 Å². The number of hydrogen-bond donors (Lipinski definition) is 1. The number of ether oxygens (including phenoxy) is 1. The first-order chi connectivity index (χ1) is 8.55. The topological polar surface area (TPSA) is 21.3 Å². The van der Waals surface area contributed by atoms with Crippen LogP contribution >= 0.6 is 0 Å². The fourth-order valence-electron chi connectivity index (χ4n) is 3.11. The zero-order valence-corrected chi connectivity index (χ0v) is 12.0. The van der Waals surface area contributed by atoms with Crippen molar-refractivity contribution in [1.29, 1.82) is 0 Å². The molecule has 0 heterocycles. The van der Waals surface area contributed by atoms with Crippen LogP contribution in [-0.2, 0) is 5.41 Å². The minimum atomic E-state index is 0.318. The Kier molecular flexibility index (Phi) is 3.96. The zero-order valence-electron chi connectivity index (χ0n) is 12.0. The minimum absolute atomic E-state index is 0.318. The lowest BCUT2D eigenvalue weighted by atomic mass is 9.59. The third kappa shape index (κ3) is 2.69. The molecule has 0 atom stereocenters. The van der Waals surface area contributed by atoms with E-state index in [1.54, 1.807) is 7.11 Å². The van der Waals surface area contributed by atoms with Crippen LogP contribution in [0.2, 0.25) is 0 Å². The van der Waals surface area contributed by atoms with Gasteiger partial charge in [0.1, 0.15) is 5.75 Å². The highest BCUT2D eigenvalue weighted by atomic mass is 16.5. The molecule has 1 aliphatic rings. The maximum absolute atomic E-state index is 5.35. The van der Waals surface area contributed by atoms with Gasteiger partial charge in [0.2, 0.25) is 0 Å². The van der Waals surface area contributed by atoms with E-state index < -0.39 is 0 Å². The second-order valence-corrected chi connectivity index (χ2v) is 6.06. The monoisotopic (exact) mass is 247 g/mol. The maximum Gasteiger partial charge on any atom is 0.119 e. The Balaban J connectivity index is 2.18. The Morgan fingerprint density at radius 2 is 2.11 bits per heavy atom. The van der Waals surface area contributed by atoms with Crippen molar-refractivity contribution in [1.82, 2.24) is 5.32 Å². The fourth-order valence-corrected chi connectivity index (χ4v) is 3.11. The van der Waals surface area contributed by atoms with E-state index in [4.69, 9.17) is 4.74 Å². The van der Waals surface area contributed by atoms with Gasteiger partial charge in [0.15, 0.2) is 0 Å². The minimum Gasteiger partial charge on any atom is -0.497 e. The van der Waals surface area contributed by atoms with E-state index in [1.165, 1.54) is 18.4 Å². The molecule has 1 aromatic rings. The van der Waals surface area contributed by atoms with Crippen LogP contribution in [0.4, 0.5) is 0 Å². The molecule has 0 radical (unpaired) electrons. The number of nitrogens with one attached hydrogen (secondary N) is 1. The maximum atomic E-state index is 5.35. The van der Waals surface area contributed by atoms with Crippen LogP contribution < -0.4 is 10.1 Å². The van der Waals surface area contributed by atoms with Gasteiger partial charge >= 0.3 is 0 Å². The average Bonchev–Trinajstić information content (AvgIpc) is 2.33. The molecule has 0 aromatic heterocycles. The second-order valence-electron chi connectivity index (χ2n) is 6.06. The lowest BCUT2D eigenvalue weighted by Crippen LogP contribution is -2.49. The molecule has 2 nitrogen and oxygen atoms in total. The fraction of sp³-hybridized carbons (Fsp3) is 0.625. The summed E-state index contributed by atoms with van der Waals surface area (Å²) in [6.07, 6.45) is 2.56. The van der Waals surface area contributed by atoms with Crippen LogP contribution in [-0.4, -0.2) is 19.7 Å². The average molecular weight is 247 g/mol. The number of benzene rings is 1. The van der Waals surface area contributed by atoms with Gasteiger partial charge in [0.25, 0.3) is 0 Å². The molecule has 1 N–H and O–H groups in total. The van der Waals surface area contributed by atoms with Gasteiger partial charge in [-0.05, 0) is 36.5 Å². The molecule has 1 fully saturated rings. The molecular formula is C16H25NO. The molecule has 2 rings (SSSR count). The van der Waals surface area contributed by atoms with Gasteiger partial charge in [-0.2, -0.15) is 0 Å². The second kappa shape index (κ2) is 5.31. The van der Waals surface area contributed by atoms with Crippen LogP contribution in [0.15, 0.2) is 24.3 Å². The summed E-state index contributed by atoms with van der Waals surface area (Å²) in [4.78, 5) is 0. The molecule has 0 spiro atoms. The van der Waals surface area contributed by atoms with Crippen LogP contribution in [0.5, 0.6) is 5.75 Å². The molecule has 2 heteroatoms. The van der Waals surface area contributed by atoms with Gasteiger partial charge in [0.05, 0.1) is 7.11 Å². The van der Waals surface area contributed by atoms with Crippen LogP contribution in [0.25, 0.3) is 0 Å². The summed E-state index contributed by atoms with van der Waals surface area (Å²) in [6.45, 7) is 7.83. The largest absolute Gasteiger partial charge is 0.497 e. The predicted octanol–water partition coefficient (Wildman–Crippen LogP) is 3.36. The Labute approximate surface area is 111 Å². The van der Waals surface area contributed by atoms with Crippen LogP contribution in [0, 0.1) is 5.92 Å². The van der Waals surface area contributed by atoms with Gasteiger partial charge in [-0.15, -0.1) is 0 Å². The number of hydrogen-bond acceptors (Lipinski definition) is 2. The van der Waals surface area contributed by atoms with Gasteiger partial charge in [-0.1, -0.05) is 32.9 Å². The van der Waals surface area contributed by atoms with Crippen molar-refractivity contribution in [2.75, 3.05) is 13.7 Å². The highest BCUT2D eigenvalue weighted by molar-refractivity contribution is 5.36. The first-order valence-corrected chi connectivity index (χ1v) is 6.94. The lowest BCUT2D eigenvalue weighted by Gasteiger charge is -2.48.